The van der Waals surface area contributed by atoms with Crippen LogP contribution in [-0.2, 0) is 14.8 Å². The molecule has 1 aliphatic heterocycles. The minimum absolute atomic E-state index is 0.0666. The van der Waals surface area contributed by atoms with E-state index in [1.807, 2.05) is 6.92 Å². The summed E-state index contributed by atoms with van der Waals surface area (Å²) in [5.74, 6) is 0. The zero-order chi connectivity index (χ0) is 12.5. The predicted octanol–water partition coefficient (Wildman–Crippen LogP) is 1.86. The molecular weight excluding hydrogens is 306 g/mol. The van der Waals surface area contributed by atoms with Crippen LogP contribution in [0.1, 0.15) is 6.92 Å². The number of ether oxygens (including phenoxy) is 1. The highest BCUT2D eigenvalue weighted by atomic mass is 79.9. The molecule has 2 rings (SSSR count). The van der Waals surface area contributed by atoms with E-state index in [2.05, 4.69) is 15.9 Å². The van der Waals surface area contributed by atoms with E-state index in [-0.39, 0.29) is 6.10 Å². The number of hydrogen-bond acceptors (Lipinski definition) is 3. The van der Waals surface area contributed by atoms with Crippen molar-refractivity contribution in [1.29, 1.82) is 0 Å². The van der Waals surface area contributed by atoms with Gasteiger partial charge in [-0.2, -0.15) is 4.31 Å². The monoisotopic (exact) mass is 319 g/mol. The van der Waals surface area contributed by atoms with Crippen LogP contribution in [0.3, 0.4) is 0 Å². The van der Waals surface area contributed by atoms with Crippen LogP contribution in [0, 0.1) is 0 Å². The summed E-state index contributed by atoms with van der Waals surface area (Å²) in [5.41, 5.74) is 0. The highest BCUT2D eigenvalue weighted by Crippen LogP contribution is 2.22. The third-order valence-electron chi connectivity index (χ3n) is 2.60. The van der Waals surface area contributed by atoms with E-state index in [0.29, 0.717) is 24.6 Å². The third-order valence-corrected chi connectivity index (χ3v) is 5.03. The Labute approximate surface area is 110 Å². The minimum atomic E-state index is -3.41. The minimum Gasteiger partial charge on any atom is -0.372 e. The first kappa shape index (κ1) is 13.0. The molecule has 0 spiro atoms. The molecule has 4 nitrogen and oxygen atoms in total. The first-order valence-electron chi connectivity index (χ1n) is 5.41. The molecule has 0 bridgehead atoms. The fraction of sp³-hybridized carbons (Fsp3) is 0.455. The number of halogens is 1. The van der Waals surface area contributed by atoms with Crippen LogP contribution in [-0.4, -0.2) is 38.5 Å². The van der Waals surface area contributed by atoms with Crippen molar-refractivity contribution in [2.24, 2.45) is 0 Å². The summed E-state index contributed by atoms with van der Waals surface area (Å²) in [7, 11) is -3.41. The Balaban J connectivity index is 2.26. The quantitative estimate of drug-likeness (QED) is 0.778. The normalized spacial score (nSPS) is 19.6. The first-order valence-corrected chi connectivity index (χ1v) is 7.64. The van der Waals surface area contributed by atoms with E-state index in [9.17, 15) is 8.42 Å². The van der Waals surface area contributed by atoms with Crippen LogP contribution in [0.2, 0.25) is 0 Å². The lowest BCUT2D eigenvalue weighted by atomic mass is 10.4. The number of epoxide rings is 1. The molecule has 1 heterocycles. The average Bonchev–Trinajstić information content (AvgIpc) is 3.09. The number of nitrogens with zero attached hydrogens (tertiary/aromatic N) is 1. The number of likely N-dealkylation sites (N-methyl/N-ethyl adjacent to an activating group) is 1. The fourth-order valence-electron chi connectivity index (χ4n) is 1.57. The van der Waals surface area contributed by atoms with Crippen molar-refractivity contribution in [2.75, 3.05) is 19.7 Å². The lowest BCUT2D eigenvalue weighted by Gasteiger charge is -2.19. The highest BCUT2D eigenvalue weighted by molar-refractivity contribution is 9.10. The second-order valence-electron chi connectivity index (χ2n) is 3.87. The summed E-state index contributed by atoms with van der Waals surface area (Å²) >= 11 is 3.28. The van der Waals surface area contributed by atoms with E-state index in [0.717, 1.165) is 4.47 Å². The molecule has 6 heteroatoms. The molecule has 94 valence electrons. The Morgan fingerprint density at radius 1 is 1.53 bits per heavy atom. The van der Waals surface area contributed by atoms with Crippen molar-refractivity contribution < 1.29 is 13.2 Å². The lowest BCUT2D eigenvalue weighted by molar-refractivity contribution is 0.342. The van der Waals surface area contributed by atoms with Gasteiger partial charge in [-0.05, 0) is 18.2 Å². The number of sulfonamides is 1. The predicted molar refractivity (Wildman–Crippen MR) is 68.3 cm³/mol. The smallest absolute Gasteiger partial charge is 0.243 e. The molecule has 0 radical (unpaired) electrons. The topological polar surface area (TPSA) is 49.9 Å². The van der Waals surface area contributed by atoms with Crippen LogP contribution in [0.4, 0.5) is 0 Å². The third kappa shape index (κ3) is 3.07. The lowest BCUT2D eigenvalue weighted by Crippen LogP contribution is -2.34. The highest BCUT2D eigenvalue weighted by Gasteiger charge is 2.31. The molecule has 0 N–H and O–H groups in total. The van der Waals surface area contributed by atoms with Gasteiger partial charge in [0.25, 0.3) is 0 Å². The Bertz CT molecular complexity index is 499. The van der Waals surface area contributed by atoms with Crippen LogP contribution in [0.5, 0.6) is 0 Å². The van der Waals surface area contributed by atoms with E-state index < -0.39 is 10.0 Å². The van der Waals surface area contributed by atoms with Gasteiger partial charge in [-0.25, -0.2) is 8.42 Å². The van der Waals surface area contributed by atoms with Crippen molar-refractivity contribution in [3.05, 3.63) is 28.7 Å². The summed E-state index contributed by atoms with van der Waals surface area (Å²) in [6.07, 6.45) is 0.0666. The molecule has 0 saturated carbocycles. The molecule has 1 aliphatic rings. The van der Waals surface area contributed by atoms with Crippen molar-refractivity contribution >= 4 is 26.0 Å². The van der Waals surface area contributed by atoms with Gasteiger partial charge in [-0.3, -0.25) is 0 Å². The Kier molecular flexibility index (Phi) is 3.87. The molecule has 1 aromatic carbocycles. The maximum atomic E-state index is 12.3. The Morgan fingerprint density at radius 3 is 2.76 bits per heavy atom. The molecule has 0 aliphatic carbocycles. The summed E-state index contributed by atoms with van der Waals surface area (Å²) in [6.45, 7) is 3.38. The van der Waals surface area contributed by atoms with E-state index in [4.69, 9.17) is 4.74 Å². The van der Waals surface area contributed by atoms with E-state index >= 15 is 0 Å². The van der Waals surface area contributed by atoms with Crippen molar-refractivity contribution in [2.45, 2.75) is 17.9 Å². The molecule has 0 aromatic heterocycles. The summed E-state index contributed by atoms with van der Waals surface area (Å²) in [5, 5.41) is 0. The Morgan fingerprint density at radius 2 is 2.24 bits per heavy atom. The maximum absolute atomic E-state index is 12.3. The first-order chi connectivity index (χ1) is 8.04. The number of benzene rings is 1. The van der Waals surface area contributed by atoms with Gasteiger partial charge >= 0.3 is 0 Å². The number of rotatable bonds is 5. The molecule has 1 atom stereocenters. The van der Waals surface area contributed by atoms with Crippen molar-refractivity contribution in [3.8, 4) is 0 Å². The van der Waals surface area contributed by atoms with Crippen LogP contribution < -0.4 is 0 Å². The molecule has 0 unspecified atom stereocenters. The van der Waals surface area contributed by atoms with Gasteiger partial charge in [0.1, 0.15) is 0 Å². The largest absolute Gasteiger partial charge is 0.372 e. The molecule has 1 saturated heterocycles. The molecule has 1 fully saturated rings. The Hall–Kier alpha value is -0.430. The molecule has 0 amide bonds. The molecular formula is C11H14BrNO3S. The van der Waals surface area contributed by atoms with Crippen LogP contribution in [0.15, 0.2) is 33.6 Å². The van der Waals surface area contributed by atoms with Crippen LogP contribution >= 0.6 is 15.9 Å². The summed E-state index contributed by atoms with van der Waals surface area (Å²) in [4.78, 5) is 0.314. The van der Waals surface area contributed by atoms with Crippen molar-refractivity contribution in [3.63, 3.8) is 0 Å². The van der Waals surface area contributed by atoms with Gasteiger partial charge < -0.3 is 4.74 Å². The fourth-order valence-corrected chi connectivity index (χ4v) is 3.65. The SMILES string of the molecule is CCN(C[C@H]1CO1)S(=O)(=O)c1cccc(Br)c1. The average molecular weight is 320 g/mol. The van der Waals surface area contributed by atoms with Gasteiger partial charge in [-0.1, -0.05) is 28.9 Å². The van der Waals surface area contributed by atoms with Gasteiger partial charge in [0.05, 0.1) is 17.6 Å². The maximum Gasteiger partial charge on any atom is 0.243 e. The second-order valence-corrected chi connectivity index (χ2v) is 6.72. The van der Waals surface area contributed by atoms with Gasteiger partial charge in [0.15, 0.2) is 0 Å². The van der Waals surface area contributed by atoms with Gasteiger partial charge in [0, 0.05) is 17.6 Å². The molecule has 17 heavy (non-hydrogen) atoms. The standard InChI is InChI=1S/C11H14BrNO3S/c1-2-13(7-10-8-16-10)17(14,15)11-5-3-4-9(12)6-11/h3-6,10H,2,7-8H2,1H3/t10-/m0/s1. The second kappa shape index (κ2) is 5.06. The number of hydrogen-bond donors (Lipinski definition) is 0. The van der Waals surface area contributed by atoms with E-state index in [1.54, 1.807) is 24.3 Å². The van der Waals surface area contributed by atoms with Gasteiger partial charge in [-0.15, -0.1) is 0 Å². The van der Waals surface area contributed by atoms with Crippen LogP contribution in [0.25, 0.3) is 0 Å². The van der Waals surface area contributed by atoms with Gasteiger partial charge in [0.2, 0.25) is 10.0 Å². The molecule has 1 aromatic rings. The van der Waals surface area contributed by atoms with Crippen molar-refractivity contribution in [1.82, 2.24) is 4.31 Å². The summed E-state index contributed by atoms with van der Waals surface area (Å²) < 4.78 is 31.9. The zero-order valence-corrected chi connectivity index (χ0v) is 11.9. The summed E-state index contributed by atoms with van der Waals surface area (Å²) in [6, 6.07) is 6.75. The van der Waals surface area contributed by atoms with E-state index in [1.165, 1.54) is 4.31 Å². The zero-order valence-electron chi connectivity index (χ0n) is 9.47.